The minimum absolute atomic E-state index is 0.0229. The first-order valence-corrected chi connectivity index (χ1v) is 7.65. The Morgan fingerprint density at radius 1 is 1.00 bits per heavy atom. The van der Waals surface area contributed by atoms with Gasteiger partial charge in [0.1, 0.15) is 5.75 Å². The van der Waals surface area contributed by atoms with Gasteiger partial charge in [0.2, 0.25) is 0 Å². The molecule has 1 amide bonds. The van der Waals surface area contributed by atoms with Gasteiger partial charge in [0.15, 0.2) is 6.61 Å². The van der Waals surface area contributed by atoms with Crippen molar-refractivity contribution >= 4 is 34.0 Å². The van der Waals surface area contributed by atoms with Crippen LogP contribution in [0, 0.1) is 0 Å². The Morgan fingerprint density at radius 2 is 1.70 bits per heavy atom. The van der Waals surface area contributed by atoms with Crippen LogP contribution in [0.2, 0.25) is 5.02 Å². The third-order valence-electron chi connectivity index (χ3n) is 3.67. The summed E-state index contributed by atoms with van der Waals surface area (Å²) in [6.45, 7) is -0.0229. The van der Waals surface area contributed by atoms with Gasteiger partial charge < -0.3 is 9.64 Å². The molecule has 0 aromatic heterocycles. The van der Waals surface area contributed by atoms with Crippen molar-refractivity contribution in [1.82, 2.24) is 0 Å². The molecule has 0 N–H and O–H groups in total. The van der Waals surface area contributed by atoms with E-state index in [1.54, 1.807) is 36.2 Å². The monoisotopic (exact) mass is 325 g/mol. The Morgan fingerprint density at radius 3 is 2.43 bits per heavy atom. The van der Waals surface area contributed by atoms with E-state index in [1.165, 1.54) is 0 Å². The maximum atomic E-state index is 12.3. The zero-order valence-corrected chi connectivity index (χ0v) is 13.5. The molecule has 0 heterocycles. The zero-order valence-electron chi connectivity index (χ0n) is 12.7. The lowest BCUT2D eigenvalue weighted by Crippen LogP contribution is -2.31. The average molecular weight is 326 g/mol. The Hall–Kier alpha value is -2.52. The molecule has 0 atom stereocenters. The lowest BCUT2D eigenvalue weighted by atomic mass is 10.1. The van der Waals surface area contributed by atoms with Gasteiger partial charge in [-0.1, -0.05) is 41.9 Å². The lowest BCUT2D eigenvalue weighted by molar-refractivity contribution is -0.120. The van der Waals surface area contributed by atoms with Crippen molar-refractivity contribution in [1.29, 1.82) is 0 Å². The van der Waals surface area contributed by atoms with E-state index in [9.17, 15) is 4.79 Å². The number of hydrogen-bond acceptors (Lipinski definition) is 2. The largest absolute Gasteiger partial charge is 0.484 e. The topological polar surface area (TPSA) is 29.5 Å². The summed E-state index contributed by atoms with van der Waals surface area (Å²) in [6.07, 6.45) is 0. The van der Waals surface area contributed by atoms with Crippen LogP contribution in [-0.2, 0) is 4.79 Å². The normalized spacial score (nSPS) is 10.5. The molecule has 116 valence electrons. The molecule has 0 aliphatic rings. The predicted octanol–water partition coefficient (Wildman–Crippen LogP) is 4.54. The Labute approximate surface area is 140 Å². The first-order valence-electron chi connectivity index (χ1n) is 7.27. The molecule has 3 aromatic carbocycles. The van der Waals surface area contributed by atoms with Gasteiger partial charge in [-0.05, 0) is 47.2 Å². The van der Waals surface area contributed by atoms with Gasteiger partial charge in [-0.3, -0.25) is 4.79 Å². The summed E-state index contributed by atoms with van der Waals surface area (Å²) >= 11 is 5.82. The predicted molar refractivity (Wildman–Crippen MR) is 94.3 cm³/mol. The second-order valence-electron chi connectivity index (χ2n) is 5.23. The molecular formula is C19H16ClNO2. The van der Waals surface area contributed by atoms with Crippen LogP contribution in [0.25, 0.3) is 10.8 Å². The average Bonchev–Trinajstić information content (AvgIpc) is 2.60. The first kappa shape index (κ1) is 15.4. The van der Waals surface area contributed by atoms with Gasteiger partial charge in [0, 0.05) is 17.8 Å². The number of fused-ring (bicyclic) bond motifs is 1. The van der Waals surface area contributed by atoms with E-state index in [2.05, 4.69) is 0 Å². The Bertz CT molecular complexity index is 830. The number of hydrogen-bond donors (Lipinski definition) is 0. The Kier molecular flexibility index (Phi) is 4.49. The van der Waals surface area contributed by atoms with Crippen molar-refractivity contribution in [2.45, 2.75) is 0 Å². The van der Waals surface area contributed by atoms with E-state index >= 15 is 0 Å². The molecule has 0 radical (unpaired) electrons. The summed E-state index contributed by atoms with van der Waals surface area (Å²) < 4.78 is 5.50. The van der Waals surface area contributed by atoms with E-state index in [0.717, 1.165) is 16.5 Å². The molecule has 3 nitrogen and oxygen atoms in total. The van der Waals surface area contributed by atoms with Crippen LogP contribution in [-0.4, -0.2) is 19.6 Å². The number of anilines is 1. The molecule has 0 saturated heterocycles. The third kappa shape index (κ3) is 3.63. The SMILES string of the molecule is CN(C(=O)COc1ccc(Cl)cc1)c1ccc2ccccc2c1. The van der Waals surface area contributed by atoms with Crippen LogP contribution in [0.1, 0.15) is 0 Å². The standard InChI is InChI=1S/C19H16ClNO2/c1-21(17-9-6-14-4-2-3-5-15(14)12-17)19(22)13-23-18-10-7-16(20)8-11-18/h2-12H,13H2,1H3. The maximum Gasteiger partial charge on any atom is 0.264 e. The first-order chi connectivity index (χ1) is 11.1. The molecule has 23 heavy (non-hydrogen) atoms. The molecule has 0 saturated carbocycles. The summed E-state index contributed by atoms with van der Waals surface area (Å²) in [5.74, 6) is 0.505. The molecule has 0 fully saturated rings. The molecule has 4 heteroatoms. The summed E-state index contributed by atoms with van der Waals surface area (Å²) in [6, 6.07) is 20.9. The number of carbonyl (C=O) groups is 1. The van der Waals surface area contributed by atoms with Gasteiger partial charge in [0.05, 0.1) is 0 Å². The summed E-state index contributed by atoms with van der Waals surface area (Å²) in [7, 11) is 1.75. The summed E-state index contributed by atoms with van der Waals surface area (Å²) in [4.78, 5) is 13.9. The van der Waals surface area contributed by atoms with Crippen LogP contribution in [0.15, 0.2) is 66.7 Å². The molecular weight excluding hydrogens is 310 g/mol. The molecule has 0 unspecified atom stereocenters. The van der Waals surface area contributed by atoms with E-state index < -0.39 is 0 Å². The highest BCUT2D eigenvalue weighted by Gasteiger charge is 2.12. The van der Waals surface area contributed by atoms with E-state index in [4.69, 9.17) is 16.3 Å². The van der Waals surface area contributed by atoms with Gasteiger partial charge >= 0.3 is 0 Å². The van der Waals surface area contributed by atoms with E-state index in [-0.39, 0.29) is 12.5 Å². The zero-order chi connectivity index (χ0) is 16.2. The minimum atomic E-state index is -0.116. The smallest absolute Gasteiger partial charge is 0.264 e. The molecule has 3 rings (SSSR count). The third-order valence-corrected chi connectivity index (χ3v) is 3.92. The number of benzene rings is 3. The van der Waals surface area contributed by atoms with E-state index in [0.29, 0.717) is 10.8 Å². The fourth-order valence-electron chi connectivity index (χ4n) is 2.30. The molecule has 0 spiro atoms. The quantitative estimate of drug-likeness (QED) is 0.705. The van der Waals surface area contributed by atoms with Crippen LogP contribution in [0.3, 0.4) is 0 Å². The number of halogens is 1. The van der Waals surface area contributed by atoms with Gasteiger partial charge in [0.25, 0.3) is 5.91 Å². The fraction of sp³-hybridized carbons (Fsp3) is 0.105. The van der Waals surface area contributed by atoms with Crippen LogP contribution in [0.5, 0.6) is 5.75 Å². The maximum absolute atomic E-state index is 12.3. The second-order valence-corrected chi connectivity index (χ2v) is 5.66. The van der Waals surface area contributed by atoms with Gasteiger partial charge in [-0.25, -0.2) is 0 Å². The van der Waals surface area contributed by atoms with Crippen LogP contribution in [0.4, 0.5) is 5.69 Å². The number of nitrogens with zero attached hydrogens (tertiary/aromatic N) is 1. The number of rotatable bonds is 4. The Balaban J connectivity index is 1.69. The van der Waals surface area contributed by atoms with Crippen molar-refractivity contribution in [2.75, 3.05) is 18.6 Å². The minimum Gasteiger partial charge on any atom is -0.484 e. The van der Waals surface area contributed by atoms with Gasteiger partial charge in [-0.2, -0.15) is 0 Å². The highest BCUT2D eigenvalue weighted by atomic mass is 35.5. The highest BCUT2D eigenvalue weighted by molar-refractivity contribution is 6.30. The summed E-state index contributed by atoms with van der Waals surface area (Å²) in [5, 5.41) is 2.88. The molecule has 0 aliphatic carbocycles. The van der Waals surface area contributed by atoms with Crippen molar-refractivity contribution in [3.8, 4) is 5.75 Å². The van der Waals surface area contributed by atoms with Crippen molar-refractivity contribution < 1.29 is 9.53 Å². The van der Waals surface area contributed by atoms with Crippen molar-refractivity contribution in [2.24, 2.45) is 0 Å². The van der Waals surface area contributed by atoms with E-state index in [1.807, 2.05) is 42.5 Å². The van der Waals surface area contributed by atoms with Gasteiger partial charge in [-0.15, -0.1) is 0 Å². The number of likely N-dealkylation sites (N-methyl/N-ethyl adjacent to an activating group) is 1. The van der Waals surface area contributed by atoms with Crippen molar-refractivity contribution in [3.63, 3.8) is 0 Å². The number of amides is 1. The molecule has 0 bridgehead atoms. The second kappa shape index (κ2) is 6.71. The lowest BCUT2D eigenvalue weighted by Gasteiger charge is -2.18. The molecule has 3 aromatic rings. The van der Waals surface area contributed by atoms with Crippen molar-refractivity contribution in [3.05, 3.63) is 71.8 Å². The van der Waals surface area contributed by atoms with Crippen LogP contribution < -0.4 is 9.64 Å². The number of ether oxygens (including phenoxy) is 1. The summed E-state index contributed by atoms with van der Waals surface area (Å²) in [5.41, 5.74) is 0.841. The fourth-order valence-corrected chi connectivity index (χ4v) is 2.43. The van der Waals surface area contributed by atoms with Crippen LogP contribution >= 0.6 is 11.6 Å². The highest BCUT2D eigenvalue weighted by Crippen LogP contribution is 2.22. The molecule has 0 aliphatic heterocycles. The number of carbonyl (C=O) groups excluding carboxylic acids is 1.